The van der Waals surface area contributed by atoms with E-state index >= 15 is 0 Å². The van der Waals surface area contributed by atoms with Gasteiger partial charge in [-0.3, -0.25) is 4.79 Å². The Labute approximate surface area is 394 Å². The molecule has 7 rings (SSSR count). The summed E-state index contributed by atoms with van der Waals surface area (Å²) in [5, 5.41) is 59.9. The van der Waals surface area contributed by atoms with Crippen LogP contribution in [0.1, 0.15) is 120 Å². The minimum atomic E-state index is -1.92. The first-order valence-corrected chi connectivity index (χ1v) is 24.2. The van der Waals surface area contributed by atoms with E-state index in [4.69, 9.17) is 52.1 Å². The highest BCUT2D eigenvalue weighted by Gasteiger charge is 2.81. The van der Waals surface area contributed by atoms with Crippen molar-refractivity contribution in [3.8, 4) is 0 Å². The van der Waals surface area contributed by atoms with Crippen LogP contribution in [0.5, 0.6) is 0 Å². The van der Waals surface area contributed by atoms with Crippen LogP contribution in [-0.2, 0) is 61.7 Å². The quantitative estimate of drug-likeness (QED) is 0.101. The van der Waals surface area contributed by atoms with Crippen LogP contribution in [0.2, 0.25) is 0 Å². The lowest BCUT2D eigenvalue weighted by Gasteiger charge is -2.67. The minimum absolute atomic E-state index is 0.00102. The monoisotopic (exact) mass is 955 g/mol. The summed E-state index contributed by atoms with van der Waals surface area (Å²) in [6.45, 7) is 15.4. The van der Waals surface area contributed by atoms with Crippen molar-refractivity contribution in [2.45, 2.75) is 235 Å². The van der Waals surface area contributed by atoms with Crippen molar-refractivity contribution in [2.24, 2.45) is 16.7 Å². The van der Waals surface area contributed by atoms with Gasteiger partial charge in [0, 0.05) is 52.6 Å². The second-order valence-corrected chi connectivity index (χ2v) is 20.8. The topological polar surface area (TPSA) is 237 Å². The molecule has 4 aliphatic carbocycles. The van der Waals surface area contributed by atoms with Crippen LogP contribution in [0.3, 0.4) is 0 Å². The predicted octanol–water partition coefficient (Wildman–Crippen LogP) is 3.29. The molecule has 382 valence electrons. The zero-order valence-electron chi connectivity index (χ0n) is 41.4. The van der Waals surface area contributed by atoms with E-state index in [-0.39, 0.29) is 31.8 Å². The lowest BCUT2D eigenvalue weighted by molar-refractivity contribution is -0.352. The first kappa shape index (κ1) is 52.7. The number of carbonyl (C=O) groups is 2. The maximum atomic E-state index is 13.0. The van der Waals surface area contributed by atoms with Crippen LogP contribution in [-0.4, -0.2) is 174 Å². The number of aliphatic hydroxyl groups excluding tert-OH is 2. The van der Waals surface area contributed by atoms with Crippen molar-refractivity contribution in [2.75, 3.05) is 21.3 Å². The Morgan fingerprint density at radius 2 is 1.40 bits per heavy atom. The van der Waals surface area contributed by atoms with Gasteiger partial charge in [0.2, 0.25) is 0 Å². The summed E-state index contributed by atoms with van der Waals surface area (Å²) < 4.78 is 67.2. The molecule has 6 fully saturated rings. The van der Waals surface area contributed by atoms with Gasteiger partial charge in [0.05, 0.1) is 42.0 Å². The minimum Gasteiger partial charge on any atom is -0.462 e. The van der Waals surface area contributed by atoms with Gasteiger partial charge in [0.15, 0.2) is 18.9 Å². The molecule has 3 heterocycles. The van der Waals surface area contributed by atoms with Crippen LogP contribution >= 0.6 is 0 Å². The SMILES string of the molecule is C/C=C(\C)C(=O)O[C@@H](C)[C@]1(O)CC[C@@]2(O)[C@]1(C)[C@H](OC(C)=O)C[C@@H]1[C@@]3(C)CC[C@H](O[C@H]4C[C@H](OC)[C@H](O[C@H]5C[C@H](OC)[C@H](O[C@@H]6O[C@H](C)[C@@H](O)[C@H](OC)[C@H]6O)[C@@H](C)O5)[C@@H](C)O4)CC3=CC[C@]12O. The van der Waals surface area contributed by atoms with Crippen molar-refractivity contribution in [3.63, 3.8) is 0 Å². The third-order valence-corrected chi connectivity index (χ3v) is 17.5. The van der Waals surface area contributed by atoms with Crippen molar-refractivity contribution in [1.29, 1.82) is 0 Å². The number of aliphatic hydroxyl groups is 5. The predicted molar refractivity (Wildman–Crippen MR) is 237 cm³/mol. The van der Waals surface area contributed by atoms with Gasteiger partial charge in [-0.05, 0) is 91.9 Å². The summed E-state index contributed by atoms with van der Waals surface area (Å²) in [5.41, 5.74) is -6.24. The summed E-state index contributed by atoms with van der Waals surface area (Å²) in [5.74, 6) is -1.73. The molecule has 18 heteroatoms. The number of allylic oxidation sites excluding steroid dienone is 1. The number of fused-ring (bicyclic) bond motifs is 5. The molecule has 22 atom stereocenters. The third-order valence-electron chi connectivity index (χ3n) is 17.5. The lowest BCUT2D eigenvalue weighted by atomic mass is 9.42. The van der Waals surface area contributed by atoms with E-state index in [1.54, 1.807) is 54.9 Å². The van der Waals surface area contributed by atoms with Gasteiger partial charge in [0.25, 0.3) is 0 Å². The van der Waals surface area contributed by atoms with Gasteiger partial charge in [-0.1, -0.05) is 31.6 Å². The van der Waals surface area contributed by atoms with Gasteiger partial charge < -0.3 is 77.6 Å². The molecule has 0 unspecified atom stereocenters. The highest BCUT2D eigenvalue weighted by atomic mass is 16.8. The third kappa shape index (κ3) is 8.88. The number of esters is 2. The molecule has 0 spiro atoms. The Bertz CT molecular complexity index is 1850. The molecular formula is C49H78O18. The fraction of sp³-hybridized carbons (Fsp3) is 0.878. The average molecular weight is 955 g/mol. The summed E-state index contributed by atoms with van der Waals surface area (Å²) in [4.78, 5) is 25.7. The Balaban J connectivity index is 1.01. The maximum Gasteiger partial charge on any atom is 0.333 e. The molecule has 0 radical (unpaired) electrons. The highest BCUT2D eigenvalue weighted by Crippen LogP contribution is 2.71. The Morgan fingerprint density at radius 3 is 1.99 bits per heavy atom. The van der Waals surface area contributed by atoms with E-state index in [1.807, 2.05) is 19.9 Å². The number of ether oxygens (including phenoxy) is 11. The molecule has 0 aromatic carbocycles. The van der Waals surface area contributed by atoms with Gasteiger partial charge in [0.1, 0.15) is 59.5 Å². The Morgan fingerprint density at radius 1 is 0.791 bits per heavy atom. The fourth-order valence-electron chi connectivity index (χ4n) is 13.2. The van der Waals surface area contributed by atoms with Crippen molar-refractivity contribution in [3.05, 3.63) is 23.3 Å². The van der Waals surface area contributed by atoms with Crippen molar-refractivity contribution < 1.29 is 87.2 Å². The van der Waals surface area contributed by atoms with Crippen LogP contribution in [0.4, 0.5) is 0 Å². The van der Waals surface area contributed by atoms with E-state index < -0.39 is 138 Å². The molecule has 0 amide bonds. The van der Waals surface area contributed by atoms with Gasteiger partial charge in [-0.15, -0.1) is 0 Å². The van der Waals surface area contributed by atoms with E-state index in [0.717, 1.165) is 5.57 Å². The first-order valence-electron chi connectivity index (χ1n) is 24.2. The summed E-state index contributed by atoms with van der Waals surface area (Å²) in [6.07, 6.45) is -5.24. The van der Waals surface area contributed by atoms with Crippen molar-refractivity contribution >= 4 is 11.9 Å². The summed E-state index contributed by atoms with van der Waals surface area (Å²) >= 11 is 0. The average Bonchev–Trinajstić information content (AvgIpc) is 3.51. The Hall–Kier alpha value is -2.14. The van der Waals surface area contributed by atoms with E-state index in [1.165, 1.54) is 14.0 Å². The molecule has 3 aliphatic heterocycles. The molecule has 7 aliphatic rings. The number of hydrogen-bond acceptors (Lipinski definition) is 18. The number of methoxy groups -OCH3 is 3. The van der Waals surface area contributed by atoms with Crippen LogP contribution < -0.4 is 0 Å². The molecule has 0 aromatic rings. The molecule has 3 saturated carbocycles. The maximum absolute atomic E-state index is 13.0. The molecule has 0 aromatic heterocycles. The second kappa shape index (κ2) is 19.8. The zero-order chi connectivity index (χ0) is 49.2. The molecule has 0 bridgehead atoms. The van der Waals surface area contributed by atoms with Gasteiger partial charge in [-0.2, -0.15) is 0 Å². The Kier molecular flexibility index (Phi) is 15.6. The van der Waals surface area contributed by atoms with E-state index in [2.05, 4.69) is 6.92 Å². The smallest absolute Gasteiger partial charge is 0.333 e. The summed E-state index contributed by atoms with van der Waals surface area (Å²) in [6, 6.07) is 0. The standard InChI is InChI=1S/C49H78O18/c1-13-24(2)43(53)63-28(6)47(54)18-19-49(56)46(47,9)35(64-29(7)50)23-34-45(8)16-15-31(20-30(45)14-17-48(34,49)55)65-36-21-32(57-10)40(26(4)60-36)66-37-22-33(58-11)41(27(5)61-37)67-44-39(52)42(59-12)38(51)25(3)62-44/h13-14,25-28,31-42,44,51-52,54-56H,15-23H2,1-12H3/b24-13+/t25-,26-,27-,28+,31+,32+,33+,34-,35-,36+,37+,38-,39-,40-,41-,42+,44+,45+,46-,47-,48+,49-/m1/s1. The molecule has 5 N–H and O–H groups in total. The van der Waals surface area contributed by atoms with Gasteiger partial charge >= 0.3 is 11.9 Å². The van der Waals surface area contributed by atoms with Crippen LogP contribution in [0.15, 0.2) is 23.3 Å². The normalized spacial score (nSPS) is 49.4. The summed E-state index contributed by atoms with van der Waals surface area (Å²) in [7, 11) is 4.61. The van der Waals surface area contributed by atoms with E-state index in [9.17, 15) is 35.1 Å². The largest absolute Gasteiger partial charge is 0.462 e. The second-order valence-electron chi connectivity index (χ2n) is 20.8. The number of carbonyl (C=O) groups excluding carboxylic acids is 2. The van der Waals surface area contributed by atoms with Gasteiger partial charge in [-0.25, -0.2) is 4.79 Å². The fourth-order valence-corrected chi connectivity index (χ4v) is 13.2. The van der Waals surface area contributed by atoms with Crippen molar-refractivity contribution in [1.82, 2.24) is 0 Å². The van der Waals surface area contributed by atoms with Crippen LogP contribution in [0.25, 0.3) is 0 Å². The molecule has 18 nitrogen and oxygen atoms in total. The van der Waals surface area contributed by atoms with Crippen LogP contribution in [0, 0.1) is 16.7 Å². The van der Waals surface area contributed by atoms with E-state index in [0.29, 0.717) is 37.7 Å². The molecule has 3 saturated heterocycles. The molecule has 67 heavy (non-hydrogen) atoms. The lowest BCUT2D eigenvalue weighted by Crippen LogP contribution is -2.78. The number of rotatable bonds is 13. The first-order chi connectivity index (χ1) is 31.5. The number of hydrogen-bond donors (Lipinski definition) is 5. The molecular weight excluding hydrogens is 877 g/mol. The highest BCUT2D eigenvalue weighted by molar-refractivity contribution is 5.87. The zero-order valence-corrected chi connectivity index (χ0v) is 41.4.